The van der Waals surface area contributed by atoms with Crippen molar-refractivity contribution in [1.82, 2.24) is 9.29 Å². The molecular formula is C15H15Cl2N3O4S2. The van der Waals surface area contributed by atoms with Gasteiger partial charge in [0.25, 0.3) is 0 Å². The molecule has 2 aromatic rings. The van der Waals surface area contributed by atoms with E-state index in [0.29, 0.717) is 23.9 Å². The van der Waals surface area contributed by atoms with E-state index in [2.05, 4.69) is 4.98 Å². The second-order valence-electron chi connectivity index (χ2n) is 5.66. The lowest BCUT2D eigenvalue weighted by Gasteiger charge is -2.34. The largest absolute Gasteiger partial charge is 0.477 e. The summed E-state index contributed by atoms with van der Waals surface area (Å²) in [6.45, 7) is 2.89. The Labute approximate surface area is 164 Å². The number of rotatable bonds is 4. The van der Waals surface area contributed by atoms with Crippen LogP contribution in [0.3, 0.4) is 0 Å². The molecular weight excluding hydrogens is 421 g/mol. The third kappa shape index (κ3) is 3.54. The van der Waals surface area contributed by atoms with Crippen LogP contribution < -0.4 is 4.90 Å². The van der Waals surface area contributed by atoms with E-state index in [0.717, 1.165) is 11.3 Å². The van der Waals surface area contributed by atoms with Gasteiger partial charge in [-0.2, -0.15) is 4.31 Å². The Morgan fingerprint density at radius 3 is 2.27 bits per heavy atom. The summed E-state index contributed by atoms with van der Waals surface area (Å²) in [7, 11) is -3.81. The summed E-state index contributed by atoms with van der Waals surface area (Å²) < 4.78 is 27.1. The molecule has 0 aliphatic carbocycles. The van der Waals surface area contributed by atoms with Crippen LogP contribution in [0, 0.1) is 6.92 Å². The van der Waals surface area contributed by atoms with Gasteiger partial charge < -0.3 is 10.0 Å². The SMILES string of the molecule is Cc1nc(N2CCN(S(=O)(=O)c3c(Cl)cccc3Cl)CC2)sc1C(=O)O. The minimum Gasteiger partial charge on any atom is -0.477 e. The third-order valence-electron chi connectivity index (χ3n) is 4.01. The number of carboxylic acids is 1. The van der Waals surface area contributed by atoms with Gasteiger partial charge in [-0.15, -0.1) is 0 Å². The lowest BCUT2D eigenvalue weighted by molar-refractivity contribution is 0.0701. The molecule has 26 heavy (non-hydrogen) atoms. The topological polar surface area (TPSA) is 90.8 Å². The van der Waals surface area contributed by atoms with Crippen LogP contribution in [0.5, 0.6) is 0 Å². The molecule has 1 aromatic heterocycles. The number of carboxylic acid groups (broad SMARTS) is 1. The summed E-state index contributed by atoms with van der Waals surface area (Å²) in [5.74, 6) is -1.01. The van der Waals surface area contributed by atoms with Crippen LogP contribution in [0.15, 0.2) is 23.1 Å². The van der Waals surface area contributed by atoms with E-state index in [4.69, 9.17) is 28.3 Å². The maximum Gasteiger partial charge on any atom is 0.347 e. The first-order chi connectivity index (χ1) is 12.2. The monoisotopic (exact) mass is 435 g/mol. The molecule has 0 radical (unpaired) electrons. The number of thiazole rings is 1. The molecule has 7 nitrogen and oxygen atoms in total. The van der Waals surface area contributed by atoms with E-state index in [1.165, 1.54) is 16.4 Å². The molecule has 0 unspecified atom stereocenters. The van der Waals surface area contributed by atoms with E-state index in [1.54, 1.807) is 13.0 Å². The molecule has 1 N–H and O–H groups in total. The molecule has 1 aromatic carbocycles. The van der Waals surface area contributed by atoms with Gasteiger partial charge in [-0.25, -0.2) is 18.2 Å². The number of piperazine rings is 1. The fraction of sp³-hybridized carbons (Fsp3) is 0.333. The molecule has 0 atom stereocenters. The van der Waals surface area contributed by atoms with Gasteiger partial charge >= 0.3 is 5.97 Å². The molecule has 1 aliphatic heterocycles. The first-order valence-corrected chi connectivity index (χ1v) is 10.6. The van der Waals surface area contributed by atoms with Crippen LogP contribution in [0.2, 0.25) is 10.0 Å². The van der Waals surface area contributed by atoms with Crippen molar-refractivity contribution in [3.8, 4) is 0 Å². The highest BCUT2D eigenvalue weighted by atomic mass is 35.5. The number of sulfonamides is 1. The highest BCUT2D eigenvalue weighted by Crippen LogP contribution is 2.33. The Hall–Kier alpha value is -1.39. The number of benzene rings is 1. The number of aromatic carboxylic acids is 1. The fourth-order valence-electron chi connectivity index (χ4n) is 2.69. The van der Waals surface area contributed by atoms with Crippen LogP contribution in [0.1, 0.15) is 15.4 Å². The van der Waals surface area contributed by atoms with Gasteiger partial charge in [-0.1, -0.05) is 40.6 Å². The lowest BCUT2D eigenvalue weighted by Crippen LogP contribution is -2.48. The minimum atomic E-state index is -3.81. The molecule has 0 amide bonds. The Kier molecular flexibility index (Phi) is 5.45. The summed E-state index contributed by atoms with van der Waals surface area (Å²) in [5.41, 5.74) is 0.454. The van der Waals surface area contributed by atoms with Crippen LogP contribution in [0.25, 0.3) is 0 Å². The van der Waals surface area contributed by atoms with Crippen molar-refractivity contribution < 1.29 is 18.3 Å². The van der Waals surface area contributed by atoms with Crippen LogP contribution in [0.4, 0.5) is 5.13 Å². The molecule has 2 heterocycles. The zero-order valence-electron chi connectivity index (χ0n) is 13.6. The molecule has 1 aliphatic rings. The van der Waals surface area contributed by atoms with Crippen molar-refractivity contribution in [1.29, 1.82) is 0 Å². The number of carbonyl (C=O) groups is 1. The average molecular weight is 436 g/mol. The summed E-state index contributed by atoms with van der Waals surface area (Å²) in [6.07, 6.45) is 0. The van der Waals surface area contributed by atoms with E-state index in [1.807, 2.05) is 4.90 Å². The number of aromatic nitrogens is 1. The standard InChI is InChI=1S/C15H15Cl2N3O4S2/c1-9-12(14(21)22)25-15(18-9)19-5-7-20(8-6-19)26(23,24)13-10(16)3-2-4-11(13)17/h2-4H,5-8H2,1H3,(H,21,22). The van der Waals surface area contributed by atoms with Gasteiger partial charge in [0.15, 0.2) is 5.13 Å². The van der Waals surface area contributed by atoms with Gasteiger partial charge in [-0.05, 0) is 19.1 Å². The van der Waals surface area contributed by atoms with Crippen molar-refractivity contribution in [3.05, 3.63) is 38.8 Å². The Balaban J connectivity index is 1.78. The lowest BCUT2D eigenvalue weighted by atomic mass is 10.4. The summed E-state index contributed by atoms with van der Waals surface area (Å²) >= 11 is 13.2. The summed E-state index contributed by atoms with van der Waals surface area (Å²) in [6, 6.07) is 4.57. The molecule has 140 valence electrons. The molecule has 1 saturated heterocycles. The number of anilines is 1. The van der Waals surface area contributed by atoms with Gasteiger partial charge in [0.05, 0.1) is 15.7 Å². The third-order valence-corrected chi connectivity index (χ3v) is 8.07. The van der Waals surface area contributed by atoms with Crippen molar-refractivity contribution >= 4 is 55.7 Å². The highest BCUT2D eigenvalue weighted by Gasteiger charge is 2.32. The molecule has 0 spiro atoms. The predicted molar refractivity (Wildman–Crippen MR) is 101 cm³/mol. The van der Waals surface area contributed by atoms with Crippen LogP contribution in [-0.2, 0) is 10.0 Å². The minimum absolute atomic E-state index is 0.0848. The van der Waals surface area contributed by atoms with Crippen molar-refractivity contribution in [2.24, 2.45) is 0 Å². The number of hydrogen-bond donors (Lipinski definition) is 1. The second-order valence-corrected chi connectivity index (χ2v) is 9.32. The Morgan fingerprint density at radius 1 is 1.19 bits per heavy atom. The number of nitrogens with zero attached hydrogens (tertiary/aromatic N) is 3. The van der Waals surface area contributed by atoms with E-state index in [9.17, 15) is 13.2 Å². The zero-order valence-corrected chi connectivity index (χ0v) is 16.8. The zero-order chi connectivity index (χ0) is 19.1. The fourth-order valence-corrected chi connectivity index (χ4v) is 6.16. The molecule has 1 fully saturated rings. The Morgan fingerprint density at radius 2 is 1.77 bits per heavy atom. The van der Waals surface area contributed by atoms with Gasteiger partial charge in [-0.3, -0.25) is 0 Å². The average Bonchev–Trinajstić information content (AvgIpc) is 2.97. The molecule has 0 saturated carbocycles. The van der Waals surface area contributed by atoms with E-state index in [-0.39, 0.29) is 32.9 Å². The number of aryl methyl sites for hydroxylation is 1. The van der Waals surface area contributed by atoms with Crippen LogP contribution in [-0.4, -0.2) is 55.0 Å². The first-order valence-electron chi connectivity index (χ1n) is 7.61. The quantitative estimate of drug-likeness (QED) is 0.793. The number of hydrogen-bond acceptors (Lipinski definition) is 6. The molecule has 3 rings (SSSR count). The van der Waals surface area contributed by atoms with Gasteiger partial charge in [0, 0.05) is 26.2 Å². The Bertz CT molecular complexity index is 934. The molecule has 11 heteroatoms. The van der Waals surface area contributed by atoms with Crippen molar-refractivity contribution in [3.63, 3.8) is 0 Å². The maximum absolute atomic E-state index is 12.9. The first kappa shape index (κ1) is 19.4. The van der Waals surface area contributed by atoms with Crippen molar-refractivity contribution in [2.75, 3.05) is 31.1 Å². The number of halogens is 2. The summed E-state index contributed by atoms with van der Waals surface area (Å²) in [5, 5.41) is 9.89. The van der Waals surface area contributed by atoms with Crippen LogP contribution >= 0.6 is 34.5 Å². The normalized spacial score (nSPS) is 16.0. The predicted octanol–water partition coefficient (Wildman–Crippen LogP) is 2.97. The maximum atomic E-state index is 12.9. The van der Waals surface area contributed by atoms with Crippen molar-refractivity contribution in [2.45, 2.75) is 11.8 Å². The summed E-state index contributed by atoms with van der Waals surface area (Å²) in [4.78, 5) is 17.4. The van der Waals surface area contributed by atoms with Gasteiger partial charge in [0.2, 0.25) is 10.0 Å². The highest BCUT2D eigenvalue weighted by molar-refractivity contribution is 7.89. The smallest absolute Gasteiger partial charge is 0.347 e. The van der Waals surface area contributed by atoms with E-state index < -0.39 is 16.0 Å². The second kappa shape index (κ2) is 7.32. The van der Waals surface area contributed by atoms with E-state index >= 15 is 0 Å². The van der Waals surface area contributed by atoms with Gasteiger partial charge in [0.1, 0.15) is 9.77 Å². The molecule has 0 bridgehead atoms.